The van der Waals surface area contributed by atoms with Crippen molar-refractivity contribution in [3.05, 3.63) is 29.8 Å². The number of nitrogens with zero attached hydrogens (tertiary/aromatic N) is 3. The normalized spacial score (nSPS) is 11.0. The molecule has 0 aromatic heterocycles. The lowest BCUT2D eigenvalue weighted by Gasteiger charge is -2.00. The second kappa shape index (κ2) is 8.06. The topological polar surface area (TPSA) is 127 Å². The van der Waals surface area contributed by atoms with Crippen LogP contribution in [0.5, 0.6) is 0 Å². The first-order valence-electron chi connectivity index (χ1n) is 5.85. The zero-order valence-electron chi connectivity index (χ0n) is 11.2. The summed E-state index contributed by atoms with van der Waals surface area (Å²) in [5.74, 6) is -1.50. The molecule has 8 nitrogen and oxygen atoms in total. The van der Waals surface area contributed by atoms with E-state index < -0.39 is 11.9 Å². The summed E-state index contributed by atoms with van der Waals surface area (Å²) in [6, 6.07) is 7.74. The fourth-order valence-electron chi connectivity index (χ4n) is 1.18. The number of carboxylic acids is 1. The molecule has 0 unspecified atom stereocenters. The fourth-order valence-corrected chi connectivity index (χ4v) is 1.18. The average molecular weight is 287 g/mol. The van der Waals surface area contributed by atoms with Gasteiger partial charge < -0.3 is 5.11 Å². The van der Waals surface area contributed by atoms with Crippen LogP contribution >= 0.6 is 0 Å². The Hall–Kier alpha value is -3.21. The summed E-state index contributed by atoms with van der Waals surface area (Å²) >= 11 is 0. The molecule has 0 spiro atoms. The number of anilines is 1. The highest BCUT2D eigenvalue weighted by atomic mass is 16.4. The number of nitriles is 1. The zero-order valence-corrected chi connectivity index (χ0v) is 11.2. The van der Waals surface area contributed by atoms with Crippen LogP contribution in [0.2, 0.25) is 0 Å². The highest BCUT2D eigenvalue weighted by Crippen LogP contribution is 2.09. The van der Waals surface area contributed by atoms with Crippen molar-refractivity contribution in [2.24, 2.45) is 10.2 Å². The Morgan fingerprint density at radius 1 is 1.38 bits per heavy atom. The Balaban J connectivity index is 2.50. The summed E-state index contributed by atoms with van der Waals surface area (Å²) in [4.78, 5) is 21.6. The number of hydrogen-bond donors (Lipinski definition) is 3. The minimum absolute atomic E-state index is 0.183. The van der Waals surface area contributed by atoms with Crippen LogP contribution in [0.1, 0.15) is 23.7 Å². The molecule has 0 aliphatic rings. The Bertz CT molecular complexity index is 614. The lowest BCUT2D eigenvalue weighted by molar-refractivity contribution is -0.120. The molecule has 1 aromatic rings. The number of rotatable bonds is 6. The second-order valence-corrected chi connectivity index (χ2v) is 3.88. The zero-order chi connectivity index (χ0) is 15.7. The number of carbonyl (C=O) groups excluding carboxylic acids is 1. The van der Waals surface area contributed by atoms with Gasteiger partial charge in [0.15, 0.2) is 0 Å². The van der Waals surface area contributed by atoms with E-state index in [0.29, 0.717) is 11.4 Å². The number of hydrogen-bond acceptors (Lipinski definition) is 6. The Morgan fingerprint density at radius 3 is 2.62 bits per heavy atom. The van der Waals surface area contributed by atoms with Crippen LogP contribution in [0.4, 0.5) is 5.69 Å². The SMILES string of the molecule is CC(/C=N/Nc1ccc(C(=O)O)cc1)=N/NC(=O)CC#N. The number of carbonyl (C=O) groups is 2. The van der Waals surface area contributed by atoms with Gasteiger partial charge in [0.2, 0.25) is 0 Å². The molecule has 0 aliphatic heterocycles. The van der Waals surface area contributed by atoms with Gasteiger partial charge in [-0.2, -0.15) is 15.5 Å². The first kappa shape index (κ1) is 15.8. The molecule has 8 heteroatoms. The van der Waals surface area contributed by atoms with E-state index in [1.807, 2.05) is 0 Å². The van der Waals surface area contributed by atoms with Gasteiger partial charge in [-0.05, 0) is 31.2 Å². The average Bonchev–Trinajstić information content (AvgIpc) is 2.46. The van der Waals surface area contributed by atoms with Crippen LogP contribution in [-0.2, 0) is 4.79 Å². The Kier molecular flexibility index (Phi) is 6.08. The van der Waals surface area contributed by atoms with Gasteiger partial charge in [0, 0.05) is 0 Å². The second-order valence-electron chi connectivity index (χ2n) is 3.88. The third-order valence-corrected chi connectivity index (χ3v) is 2.17. The van der Waals surface area contributed by atoms with E-state index in [1.165, 1.54) is 18.3 Å². The quantitative estimate of drug-likeness (QED) is 0.535. The van der Waals surface area contributed by atoms with E-state index in [4.69, 9.17) is 10.4 Å². The molecular weight excluding hydrogens is 274 g/mol. The predicted molar refractivity (Wildman–Crippen MR) is 77.0 cm³/mol. The number of aromatic carboxylic acids is 1. The van der Waals surface area contributed by atoms with Crippen molar-refractivity contribution in [3.8, 4) is 6.07 Å². The van der Waals surface area contributed by atoms with Crippen molar-refractivity contribution in [3.63, 3.8) is 0 Å². The largest absolute Gasteiger partial charge is 0.478 e. The van der Waals surface area contributed by atoms with Gasteiger partial charge >= 0.3 is 5.97 Å². The van der Waals surface area contributed by atoms with Crippen molar-refractivity contribution in [2.45, 2.75) is 13.3 Å². The molecule has 1 amide bonds. The predicted octanol–water partition coefficient (Wildman–Crippen LogP) is 1.19. The van der Waals surface area contributed by atoms with Crippen molar-refractivity contribution in [2.75, 3.05) is 5.43 Å². The maximum absolute atomic E-state index is 11.0. The molecule has 21 heavy (non-hydrogen) atoms. The molecule has 0 saturated heterocycles. The van der Waals surface area contributed by atoms with Crippen LogP contribution in [-0.4, -0.2) is 28.9 Å². The monoisotopic (exact) mass is 287 g/mol. The molecule has 0 heterocycles. The molecule has 1 aromatic carbocycles. The summed E-state index contributed by atoms with van der Waals surface area (Å²) in [6.07, 6.45) is 1.11. The van der Waals surface area contributed by atoms with E-state index in [0.717, 1.165) is 0 Å². The van der Waals surface area contributed by atoms with E-state index in [1.54, 1.807) is 25.1 Å². The van der Waals surface area contributed by atoms with Crippen molar-refractivity contribution in [1.29, 1.82) is 5.26 Å². The highest BCUT2D eigenvalue weighted by Gasteiger charge is 2.00. The van der Waals surface area contributed by atoms with E-state index in [-0.39, 0.29) is 12.0 Å². The summed E-state index contributed by atoms with van der Waals surface area (Å²) in [6.45, 7) is 1.62. The maximum Gasteiger partial charge on any atom is 0.335 e. The van der Waals surface area contributed by atoms with E-state index in [9.17, 15) is 9.59 Å². The Morgan fingerprint density at radius 2 is 2.05 bits per heavy atom. The highest BCUT2D eigenvalue weighted by molar-refractivity contribution is 6.29. The molecule has 0 saturated carbocycles. The smallest absolute Gasteiger partial charge is 0.335 e. The first-order chi connectivity index (χ1) is 10.0. The van der Waals surface area contributed by atoms with Gasteiger partial charge in [0.25, 0.3) is 5.91 Å². The molecule has 0 atom stereocenters. The number of benzene rings is 1. The van der Waals surface area contributed by atoms with Crippen LogP contribution in [0, 0.1) is 11.3 Å². The third kappa shape index (κ3) is 5.98. The molecule has 3 N–H and O–H groups in total. The summed E-state index contributed by atoms with van der Waals surface area (Å²) in [7, 11) is 0. The first-order valence-corrected chi connectivity index (χ1v) is 5.85. The molecule has 0 aliphatic carbocycles. The lowest BCUT2D eigenvalue weighted by atomic mass is 10.2. The molecule has 0 bridgehead atoms. The van der Waals surface area contributed by atoms with Gasteiger partial charge in [-0.15, -0.1) is 0 Å². The summed E-state index contributed by atoms with van der Waals surface area (Å²) in [5.41, 5.74) is 6.10. The number of amides is 1. The van der Waals surface area contributed by atoms with Crippen molar-refractivity contribution in [1.82, 2.24) is 5.43 Å². The molecule has 1 rings (SSSR count). The van der Waals surface area contributed by atoms with Crippen molar-refractivity contribution >= 4 is 29.5 Å². The molecular formula is C13H13N5O3. The molecule has 108 valence electrons. The van der Waals surface area contributed by atoms with Gasteiger partial charge in [0.05, 0.1) is 29.2 Å². The maximum atomic E-state index is 11.0. The summed E-state index contributed by atoms with van der Waals surface area (Å²) in [5, 5.41) is 24.6. The van der Waals surface area contributed by atoms with Crippen LogP contribution in [0.25, 0.3) is 0 Å². The third-order valence-electron chi connectivity index (χ3n) is 2.17. The number of carboxylic acid groups (broad SMARTS) is 1. The van der Waals surface area contributed by atoms with Gasteiger partial charge in [-0.3, -0.25) is 10.2 Å². The van der Waals surface area contributed by atoms with Gasteiger partial charge in [-0.1, -0.05) is 0 Å². The Labute approximate surface area is 120 Å². The number of hydrazone groups is 2. The van der Waals surface area contributed by atoms with Crippen LogP contribution < -0.4 is 10.9 Å². The molecule has 0 fully saturated rings. The minimum Gasteiger partial charge on any atom is -0.478 e. The standard InChI is InChI=1S/C13H13N5O3/c1-9(16-18-12(19)6-7-14)8-15-17-11-4-2-10(3-5-11)13(20)21/h2-5,8,17H,6H2,1H3,(H,18,19)(H,20,21)/b15-8+,16-9-. The fraction of sp³-hybridized carbons (Fsp3) is 0.154. The van der Waals surface area contributed by atoms with E-state index >= 15 is 0 Å². The van der Waals surface area contributed by atoms with Crippen LogP contribution in [0.15, 0.2) is 34.5 Å². The number of nitrogens with one attached hydrogen (secondary N) is 2. The van der Waals surface area contributed by atoms with Gasteiger partial charge in [-0.25, -0.2) is 10.2 Å². The van der Waals surface area contributed by atoms with Crippen molar-refractivity contribution < 1.29 is 14.7 Å². The van der Waals surface area contributed by atoms with E-state index in [2.05, 4.69) is 21.1 Å². The molecule has 0 radical (unpaired) electrons. The lowest BCUT2D eigenvalue weighted by Crippen LogP contribution is -2.18. The summed E-state index contributed by atoms with van der Waals surface area (Å²) < 4.78 is 0. The van der Waals surface area contributed by atoms with Gasteiger partial charge in [0.1, 0.15) is 6.42 Å². The van der Waals surface area contributed by atoms with Crippen LogP contribution in [0.3, 0.4) is 0 Å². The minimum atomic E-state index is -0.999.